The van der Waals surface area contributed by atoms with Crippen LogP contribution in [0.25, 0.3) is 5.69 Å². The van der Waals surface area contributed by atoms with Gasteiger partial charge in [-0.3, -0.25) is 24.4 Å². The number of benzene rings is 1. The molecule has 0 aliphatic carbocycles. The highest BCUT2D eigenvalue weighted by molar-refractivity contribution is 5.91. The summed E-state index contributed by atoms with van der Waals surface area (Å²) in [6.45, 7) is 4.51. The van der Waals surface area contributed by atoms with E-state index in [-0.39, 0.29) is 36.1 Å². The zero-order valence-electron chi connectivity index (χ0n) is 23.9. The monoisotopic (exact) mass is 580 g/mol. The summed E-state index contributed by atoms with van der Waals surface area (Å²) in [5.41, 5.74) is 1.68. The fourth-order valence-corrected chi connectivity index (χ4v) is 5.12. The minimum Gasteiger partial charge on any atom is -0.459 e. The average molecular weight is 581 g/mol. The Hall–Kier alpha value is -4.49. The van der Waals surface area contributed by atoms with Crippen LogP contribution in [0.1, 0.15) is 36.9 Å². The van der Waals surface area contributed by atoms with Gasteiger partial charge in [0.2, 0.25) is 6.29 Å². The van der Waals surface area contributed by atoms with E-state index in [0.717, 1.165) is 17.6 Å². The summed E-state index contributed by atoms with van der Waals surface area (Å²) in [5, 5.41) is 26.2. The maximum Gasteiger partial charge on any atom is 0.287 e. The van der Waals surface area contributed by atoms with Gasteiger partial charge >= 0.3 is 0 Å². The molecular weight excluding hydrogens is 544 g/mol. The van der Waals surface area contributed by atoms with Gasteiger partial charge in [-0.15, -0.1) is 0 Å². The van der Waals surface area contributed by atoms with Crippen molar-refractivity contribution >= 4 is 17.4 Å². The van der Waals surface area contributed by atoms with Crippen molar-refractivity contribution in [2.75, 3.05) is 31.6 Å². The van der Waals surface area contributed by atoms with Crippen molar-refractivity contribution in [3.8, 4) is 5.69 Å². The van der Waals surface area contributed by atoms with E-state index >= 15 is 0 Å². The lowest BCUT2D eigenvalue weighted by Crippen LogP contribution is -2.41. The molecule has 3 N–H and O–H groups in total. The topological polar surface area (TPSA) is 163 Å². The van der Waals surface area contributed by atoms with Gasteiger partial charge in [0, 0.05) is 62.5 Å². The number of pyridine rings is 1. The Kier molecular flexibility index (Phi) is 10.1. The second kappa shape index (κ2) is 13.9. The number of aliphatic hydroxyl groups excluding tert-OH is 1. The molecule has 1 aromatic carbocycles. The van der Waals surface area contributed by atoms with E-state index in [4.69, 9.17) is 9.47 Å². The number of carbonyl (C=O) groups excluding carboxylic acids is 1. The first kappa shape index (κ1) is 30.5. The van der Waals surface area contributed by atoms with Crippen LogP contribution in [0.2, 0.25) is 0 Å². The number of allylic oxidation sites excluding steroid dienone is 1. The summed E-state index contributed by atoms with van der Waals surface area (Å²) >= 11 is 0. The van der Waals surface area contributed by atoms with Crippen LogP contribution in [0, 0.1) is 23.0 Å². The maximum absolute atomic E-state index is 13.9. The van der Waals surface area contributed by atoms with E-state index in [0.29, 0.717) is 37.4 Å². The number of ether oxygens (including phenoxy) is 2. The van der Waals surface area contributed by atoms with Gasteiger partial charge < -0.3 is 25.2 Å². The van der Waals surface area contributed by atoms with Crippen LogP contribution in [0.15, 0.2) is 65.3 Å². The predicted octanol–water partition coefficient (Wildman–Crippen LogP) is 2.76. The molecule has 1 aliphatic rings. The molecule has 0 fully saturated rings. The highest BCUT2D eigenvalue weighted by atomic mass is 16.7. The molecule has 1 amide bonds. The number of rotatable bonds is 13. The fraction of sp³-hybridized carbons (Fsp3) is 0.414. The van der Waals surface area contributed by atoms with Gasteiger partial charge in [-0.1, -0.05) is 18.2 Å². The van der Waals surface area contributed by atoms with Crippen molar-refractivity contribution in [3.05, 3.63) is 92.2 Å². The predicted molar refractivity (Wildman–Crippen MR) is 155 cm³/mol. The van der Waals surface area contributed by atoms with E-state index in [2.05, 4.69) is 15.6 Å². The van der Waals surface area contributed by atoms with Crippen LogP contribution in [0.5, 0.6) is 0 Å². The third-order valence-corrected chi connectivity index (χ3v) is 7.24. The highest BCUT2D eigenvalue weighted by Gasteiger charge is 2.40. The normalized spacial score (nSPS) is 18.2. The number of para-hydroxylation sites is 1. The molecule has 0 unspecified atom stereocenters. The smallest absolute Gasteiger partial charge is 0.287 e. The standard InChI is InChI=1S/C29H36N6O7/c1-4-41-29-22(11-8-16-36)23(26-19(2)33(3)34(28(26)38)20-9-6-5-7-10-20)17-24(42-29)27(37)31-15-14-30-25-13-12-21(18-32-25)35(39)40/h5-7,9-10,12-13,17-18,22-23,29,36H,4,8,11,14-16H2,1-3H3,(H,30,32)(H,31,37)/t22-,23+,29-/m0/s1. The molecule has 3 heterocycles. The molecular formula is C29H36N6O7. The second-order valence-electron chi connectivity index (χ2n) is 9.84. The number of nitrogens with one attached hydrogen (secondary N) is 2. The first-order valence-electron chi connectivity index (χ1n) is 13.8. The van der Waals surface area contributed by atoms with Crippen LogP contribution in [-0.2, 0) is 21.3 Å². The molecule has 0 bridgehead atoms. The van der Waals surface area contributed by atoms with E-state index < -0.39 is 23.0 Å². The molecule has 13 nitrogen and oxygen atoms in total. The quantitative estimate of drug-likeness (QED) is 0.157. The van der Waals surface area contributed by atoms with Crippen LogP contribution in [-0.4, -0.2) is 62.9 Å². The third-order valence-electron chi connectivity index (χ3n) is 7.24. The van der Waals surface area contributed by atoms with Gasteiger partial charge in [-0.2, -0.15) is 0 Å². The second-order valence-corrected chi connectivity index (χ2v) is 9.84. The number of hydrogen-bond donors (Lipinski definition) is 3. The molecule has 0 radical (unpaired) electrons. The molecule has 42 heavy (non-hydrogen) atoms. The summed E-state index contributed by atoms with van der Waals surface area (Å²) in [6, 6.07) is 12.2. The zero-order valence-corrected chi connectivity index (χ0v) is 23.9. The number of nitro groups is 1. The third kappa shape index (κ3) is 6.69. The van der Waals surface area contributed by atoms with Gasteiger partial charge in [0.05, 0.1) is 10.6 Å². The van der Waals surface area contributed by atoms with Gasteiger partial charge in [0.1, 0.15) is 12.0 Å². The molecule has 0 saturated carbocycles. The summed E-state index contributed by atoms with van der Waals surface area (Å²) in [5.74, 6) is -0.822. The maximum atomic E-state index is 13.9. The largest absolute Gasteiger partial charge is 0.459 e. The number of aliphatic hydroxyl groups is 1. The minimum atomic E-state index is -0.802. The van der Waals surface area contributed by atoms with Crippen molar-refractivity contribution in [2.24, 2.45) is 13.0 Å². The summed E-state index contributed by atoms with van der Waals surface area (Å²) < 4.78 is 15.4. The highest BCUT2D eigenvalue weighted by Crippen LogP contribution is 2.39. The Labute approximate surface area is 242 Å². The van der Waals surface area contributed by atoms with Crippen LogP contribution in [0.4, 0.5) is 11.5 Å². The molecule has 2 aromatic heterocycles. The van der Waals surface area contributed by atoms with Crippen molar-refractivity contribution in [3.63, 3.8) is 0 Å². The van der Waals surface area contributed by atoms with Gasteiger partial charge in [0.25, 0.3) is 17.2 Å². The lowest BCUT2D eigenvalue weighted by molar-refractivity contribution is -0.385. The zero-order chi connectivity index (χ0) is 30.2. The van der Waals surface area contributed by atoms with Crippen LogP contribution >= 0.6 is 0 Å². The molecule has 1 aliphatic heterocycles. The minimum absolute atomic E-state index is 0.0300. The molecule has 0 saturated heterocycles. The van der Waals surface area contributed by atoms with E-state index in [1.165, 1.54) is 12.1 Å². The Morgan fingerprint density at radius 1 is 1.21 bits per heavy atom. The lowest BCUT2D eigenvalue weighted by atomic mass is 9.80. The SMILES string of the molecule is CCO[C@H]1OC(C(=O)NCCNc2ccc([N+](=O)[O-])cn2)=C[C@@H](c2c(C)n(C)n(-c3ccccc3)c2=O)[C@@H]1CCCO. The van der Waals surface area contributed by atoms with Crippen molar-refractivity contribution in [1.82, 2.24) is 19.7 Å². The summed E-state index contributed by atoms with van der Waals surface area (Å²) in [4.78, 5) is 41.4. The van der Waals surface area contributed by atoms with Crippen molar-refractivity contribution in [2.45, 2.75) is 38.9 Å². The molecule has 0 spiro atoms. The Morgan fingerprint density at radius 2 is 1.98 bits per heavy atom. The number of carbonyl (C=O) groups is 1. The van der Waals surface area contributed by atoms with E-state index in [9.17, 15) is 24.8 Å². The van der Waals surface area contributed by atoms with Crippen LogP contribution < -0.4 is 16.2 Å². The molecule has 4 rings (SSSR count). The Bertz CT molecular complexity index is 1470. The number of aromatic nitrogens is 3. The lowest BCUT2D eigenvalue weighted by Gasteiger charge is -2.36. The van der Waals surface area contributed by atoms with Gasteiger partial charge in [-0.25, -0.2) is 9.67 Å². The van der Waals surface area contributed by atoms with E-state index in [1.54, 1.807) is 15.4 Å². The number of anilines is 1. The number of hydrogen-bond acceptors (Lipinski definition) is 9. The number of amides is 1. The fourth-order valence-electron chi connectivity index (χ4n) is 5.12. The molecule has 13 heteroatoms. The van der Waals surface area contributed by atoms with Crippen molar-refractivity contribution in [1.29, 1.82) is 0 Å². The van der Waals surface area contributed by atoms with Gasteiger partial charge in [-0.05, 0) is 51.0 Å². The Morgan fingerprint density at radius 3 is 2.62 bits per heavy atom. The van der Waals surface area contributed by atoms with Crippen molar-refractivity contribution < 1.29 is 24.3 Å². The number of nitrogens with zero attached hydrogens (tertiary/aromatic N) is 4. The summed E-state index contributed by atoms with van der Waals surface area (Å²) in [6.07, 6.45) is 3.02. The van der Waals surface area contributed by atoms with Gasteiger partial charge in [0.15, 0.2) is 5.76 Å². The van der Waals surface area contributed by atoms with E-state index in [1.807, 2.05) is 51.2 Å². The Balaban J connectivity index is 1.59. The first-order chi connectivity index (χ1) is 20.3. The summed E-state index contributed by atoms with van der Waals surface area (Å²) in [7, 11) is 1.82. The van der Waals surface area contributed by atoms with Crippen LogP contribution in [0.3, 0.4) is 0 Å². The molecule has 3 aromatic rings. The molecule has 224 valence electrons. The first-order valence-corrected chi connectivity index (χ1v) is 13.8. The average Bonchev–Trinajstić information content (AvgIpc) is 3.21. The molecule has 3 atom stereocenters.